The van der Waals surface area contributed by atoms with Gasteiger partial charge in [-0.15, -0.1) is 0 Å². The minimum absolute atomic E-state index is 0.493. The van der Waals surface area contributed by atoms with Crippen LogP contribution in [0.5, 0.6) is 0 Å². The van der Waals surface area contributed by atoms with Gasteiger partial charge in [0.1, 0.15) is 6.04 Å². The van der Waals surface area contributed by atoms with Crippen LogP contribution in [0.2, 0.25) is 0 Å². The van der Waals surface area contributed by atoms with Crippen molar-refractivity contribution in [2.45, 2.75) is 19.5 Å². The van der Waals surface area contributed by atoms with Crippen LogP contribution in [-0.2, 0) is 11.3 Å². The molecule has 2 N–H and O–H groups in total. The maximum absolute atomic E-state index is 11.4. The zero-order valence-electron chi connectivity index (χ0n) is 11.1. The predicted molar refractivity (Wildman–Crippen MR) is 82.5 cm³/mol. The topological polar surface area (TPSA) is 49.3 Å². The fourth-order valence-electron chi connectivity index (χ4n) is 2.00. The molecule has 0 spiro atoms. The Kier molecular flexibility index (Phi) is 4.93. The van der Waals surface area contributed by atoms with E-state index in [2.05, 4.69) is 21.2 Å². The molecule has 1 unspecified atom stereocenters. The van der Waals surface area contributed by atoms with Gasteiger partial charge in [0.15, 0.2) is 0 Å². The minimum Gasteiger partial charge on any atom is -0.480 e. The molecule has 20 heavy (non-hydrogen) atoms. The molecule has 3 nitrogen and oxygen atoms in total. The first-order valence-corrected chi connectivity index (χ1v) is 7.13. The second-order valence-electron chi connectivity index (χ2n) is 4.66. The number of carboxylic acids is 1. The van der Waals surface area contributed by atoms with Gasteiger partial charge in [-0.25, -0.2) is 0 Å². The van der Waals surface area contributed by atoms with Crippen LogP contribution in [-0.4, -0.2) is 11.1 Å². The number of carboxylic acid groups (broad SMARTS) is 1. The fraction of sp³-hybridized carbons (Fsp3) is 0.188. The van der Waals surface area contributed by atoms with Crippen molar-refractivity contribution < 1.29 is 9.90 Å². The molecule has 0 heterocycles. The Morgan fingerprint density at radius 1 is 1.25 bits per heavy atom. The Morgan fingerprint density at radius 2 is 1.95 bits per heavy atom. The minimum atomic E-state index is -0.876. The Morgan fingerprint density at radius 3 is 2.55 bits per heavy atom. The summed E-state index contributed by atoms with van der Waals surface area (Å²) in [7, 11) is 0. The van der Waals surface area contributed by atoms with E-state index in [4.69, 9.17) is 0 Å². The van der Waals surface area contributed by atoms with Crippen LogP contribution in [0, 0.1) is 6.92 Å². The van der Waals surface area contributed by atoms with Crippen molar-refractivity contribution in [2.24, 2.45) is 0 Å². The SMILES string of the molecule is Cc1ccc(CNC(C(=O)O)c2ccccc2)c(Br)c1. The summed E-state index contributed by atoms with van der Waals surface area (Å²) >= 11 is 3.50. The lowest BCUT2D eigenvalue weighted by Gasteiger charge is -2.15. The normalized spacial score (nSPS) is 12.1. The van der Waals surface area contributed by atoms with Crippen molar-refractivity contribution in [1.82, 2.24) is 5.32 Å². The molecule has 104 valence electrons. The van der Waals surface area contributed by atoms with Crippen molar-refractivity contribution in [1.29, 1.82) is 0 Å². The molecule has 0 aliphatic heterocycles. The molecule has 0 aliphatic carbocycles. The highest BCUT2D eigenvalue weighted by atomic mass is 79.9. The number of aryl methyl sites for hydroxylation is 1. The number of rotatable bonds is 5. The zero-order valence-corrected chi connectivity index (χ0v) is 12.7. The van der Waals surface area contributed by atoms with Crippen molar-refractivity contribution in [2.75, 3.05) is 0 Å². The number of aliphatic carboxylic acids is 1. The standard InChI is InChI=1S/C16H16BrNO2/c1-11-7-8-13(14(17)9-11)10-18-15(16(19)20)12-5-3-2-4-6-12/h2-9,15,18H,10H2,1H3,(H,19,20). The molecule has 0 saturated carbocycles. The van der Waals surface area contributed by atoms with Gasteiger partial charge < -0.3 is 5.11 Å². The Bertz CT molecular complexity index is 599. The van der Waals surface area contributed by atoms with E-state index in [0.29, 0.717) is 6.54 Å². The maximum Gasteiger partial charge on any atom is 0.325 e. The number of benzene rings is 2. The molecule has 0 aromatic heterocycles. The first-order valence-electron chi connectivity index (χ1n) is 6.34. The lowest BCUT2D eigenvalue weighted by atomic mass is 10.1. The lowest BCUT2D eigenvalue weighted by molar-refractivity contribution is -0.139. The molecule has 2 aromatic carbocycles. The molecule has 0 radical (unpaired) electrons. The Balaban J connectivity index is 2.12. The van der Waals surface area contributed by atoms with Crippen LogP contribution in [0.25, 0.3) is 0 Å². The van der Waals surface area contributed by atoms with E-state index >= 15 is 0 Å². The van der Waals surface area contributed by atoms with Crippen LogP contribution < -0.4 is 5.32 Å². The fourth-order valence-corrected chi connectivity index (χ4v) is 2.63. The largest absolute Gasteiger partial charge is 0.480 e. The monoisotopic (exact) mass is 333 g/mol. The van der Waals surface area contributed by atoms with Gasteiger partial charge >= 0.3 is 5.97 Å². The van der Waals surface area contributed by atoms with Crippen LogP contribution in [0.15, 0.2) is 53.0 Å². The molecule has 1 atom stereocenters. The third kappa shape index (κ3) is 3.68. The van der Waals surface area contributed by atoms with Gasteiger partial charge in [-0.2, -0.15) is 0 Å². The molecule has 0 amide bonds. The van der Waals surface area contributed by atoms with Gasteiger partial charge in [-0.05, 0) is 29.7 Å². The molecule has 0 fully saturated rings. The summed E-state index contributed by atoms with van der Waals surface area (Å²) in [5.41, 5.74) is 2.96. The van der Waals surface area contributed by atoms with E-state index in [1.165, 1.54) is 5.56 Å². The number of hydrogen-bond donors (Lipinski definition) is 2. The van der Waals surface area contributed by atoms with Gasteiger partial charge in [0.05, 0.1) is 0 Å². The number of hydrogen-bond acceptors (Lipinski definition) is 2. The Labute approximate surface area is 126 Å². The van der Waals surface area contributed by atoms with E-state index in [-0.39, 0.29) is 0 Å². The maximum atomic E-state index is 11.4. The van der Waals surface area contributed by atoms with Crippen LogP contribution in [0.3, 0.4) is 0 Å². The second kappa shape index (κ2) is 6.68. The van der Waals surface area contributed by atoms with E-state index in [1.807, 2.05) is 55.5 Å². The highest BCUT2D eigenvalue weighted by molar-refractivity contribution is 9.10. The molecule has 4 heteroatoms. The highest BCUT2D eigenvalue weighted by Gasteiger charge is 2.18. The third-order valence-electron chi connectivity index (χ3n) is 3.09. The molecule has 0 bridgehead atoms. The van der Waals surface area contributed by atoms with Gasteiger partial charge in [0, 0.05) is 11.0 Å². The summed E-state index contributed by atoms with van der Waals surface area (Å²) in [4.78, 5) is 11.4. The number of carbonyl (C=O) groups is 1. The number of halogens is 1. The summed E-state index contributed by atoms with van der Waals surface area (Å²) in [5.74, 6) is -0.876. The third-order valence-corrected chi connectivity index (χ3v) is 3.82. The average Bonchev–Trinajstić information content (AvgIpc) is 2.42. The number of nitrogens with one attached hydrogen (secondary N) is 1. The van der Waals surface area contributed by atoms with E-state index in [0.717, 1.165) is 15.6 Å². The van der Waals surface area contributed by atoms with Crippen LogP contribution >= 0.6 is 15.9 Å². The second-order valence-corrected chi connectivity index (χ2v) is 5.51. The van der Waals surface area contributed by atoms with Crippen molar-refractivity contribution >= 4 is 21.9 Å². The quantitative estimate of drug-likeness (QED) is 0.877. The molecule has 0 aliphatic rings. The van der Waals surface area contributed by atoms with Crippen molar-refractivity contribution in [3.8, 4) is 0 Å². The summed E-state index contributed by atoms with van der Waals surface area (Å²) < 4.78 is 0.988. The van der Waals surface area contributed by atoms with Gasteiger partial charge in [-0.1, -0.05) is 58.4 Å². The first kappa shape index (κ1) is 14.8. The van der Waals surface area contributed by atoms with E-state index < -0.39 is 12.0 Å². The van der Waals surface area contributed by atoms with Crippen LogP contribution in [0.4, 0.5) is 0 Å². The predicted octanol–water partition coefficient (Wildman–Crippen LogP) is 3.67. The van der Waals surface area contributed by atoms with E-state index in [9.17, 15) is 9.90 Å². The lowest BCUT2D eigenvalue weighted by Crippen LogP contribution is -2.28. The van der Waals surface area contributed by atoms with Gasteiger partial charge in [-0.3, -0.25) is 10.1 Å². The van der Waals surface area contributed by atoms with Crippen molar-refractivity contribution in [3.63, 3.8) is 0 Å². The smallest absolute Gasteiger partial charge is 0.325 e. The average molecular weight is 334 g/mol. The van der Waals surface area contributed by atoms with Crippen molar-refractivity contribution in [3.05, 3.63) is 69.7 Å². The van der Waals surface area contributed by atoms with Gasteiger partial charge in [0.2, 0.25) is 0 Å². The van der Waals surface area contributed by atoms with Crippen LogP contribution in [0.1, 0.15) is 22.7 Å². The summed E-state index contributed by atoms with van der Waals surface area (Å²) in [5, 5.41) is 12.4. The molecule has 2 rings (SSSR count). The molecular formula is C16H16BrNO2. The van der Waals surface area contributed by atoms with Gasteiger partial charge in [0.25, 0.3) is 0 Å². The summed E-state index contributed by atoms with van der Waals surface area (Å²) in [6.07, 6.45) is 0. The molecule has 0 saturated heterocycles. The molecular weight excluding hydrogens is 318 g/mol. The summed E-state index contributed by atoms with van der Waals surface area (Å²) in [6.45, 7) is 2.51. The molecule has 2 aromatic rings. The van der Waals surface area contributed by atoms with E-state index in [1.54, 1.807) is 0 Å². The zero-order chi connectivity index (χ0) is 14.5. The highest BCUT2D eigenvalue weighted by Crippen LogP contribution is 2.20. The first-order chi connectivity index (χ1) is 9.58. The summed E-state index contributed by atoms with van der Waals surface area (Å²) in [6, 6.07) is 14.5. The Hall–Kier alpha value is -1.65.